The van der Waals surface area contributed by atoms with Crippen LogP contribution in [0.3, 0.4) is 0 Å². The van der Waals surface area contributed by atoms with Gasteiger partial charge in [0.15, 0.2) is 5.82 Å². The molecule has 1 N–H and O–H groups in total. The van der Waals surface area contributed by atoms with Crippen molar-refractivity contribution in [1.29, 1.82) is 0 Å². The maximum Gasteiger partial charge on any atom is 0.227 e. The fraction of sp³-hybridized carbons (Fsp3) is 0.467. The molecule has 8 heteroatoms. The van der Waals surface area contributed by atoms with Gasteiger partial charge in [0.1, 0.15) is 5.82 Å². The van der Waals surface area contributed by atoms with Crippen molar-refractivity contribution in [3.05, 3.63) is 30.0 Å². The minimum atomic E-state index is -0.420. The second-order valence-corrected chi connectivity index (χ2v) is 5.40. The van der Waals surface area contributed by atoms with Gasteiger partial charge in [-0.3, -0.25) is 0 Å². The number of halogens is 1. The minimum Gasteiger partial charge on any atom is -0.370 e. The number of hydrogen-bond donors (Lipinski definition) is 1. The van der Waals surface area contributed by atoms with E-state index in [1.807, 2.05) is 24.8 Å². The van der Waals surface area contributed by atoms with E-state index in [9.17, 15) is 4.39 Å². The van der Waals surface area contributed by atoms with Gasteiger partial charge in [-0.15, -0.1) is 0 Å². The smallest absolute Gasteiger partial charge is 0.227 e. The first-order valence-corrected chi connectivity index (χ1v) is 7.72. The van der Waals surface area contributed by atoms with Crippen LogP contribution in [0.25, 0.3) is 0 Å². The quantitative estimate of drug-likeness (QED) is 0.915. The summed E-state index contributed by atoms with van der Waals surface area (Å²) >= 11 is 0. The summed E-state index contributed by atoms with van der Waals surface area (Å²) in [5, 5.41) is 3.22. The number of nitrogens with zero attached hydrogens (tertiary/aromatic N) is 6. The first kappa shape index (κ1) is 15.4. The maximum absolute atomic E-state index is 12.9. The van der Waals surface area contributed by atoms with Crippen LogP contribution in [0.2, 0.25) is 0 Å². The molecule has 2 aromatic heterocycles. The molecule has 2 aromatic rings. The van der Waals surface area contributed by atoms with Crippen LogP contribution < -0.4 is 15.1 Å². The number of piperazine rings is 1. The third-order valence-electron chi connectivity index (χ3n) is 3.65. The van der Waals surface area contributed by atoms with Crippen LogP contribution in [0.15, 0.2) is 18.5 Å². The molecular formula is C15H20FN7. The summed E-state index contributed by atoms with van der Waals surface area (Å²) in [4.78, 5) is 21.3. The van der Waals surface area contributed by atoms with E-state index < -0.39 is 5.82 Å². The Morgan fingerprint density at radius 1 is 1.04 bits per heavy atom. The van der Waals surface area contributed by atoms with E-state index in [1.54, 1.807) is 0 Å². The van der Waals surface area contributed by atoms with E-state index in [4.69, 9.17) is 0 Å². The first-order valence-electron chi connectivity index (χ1n) is 7.72. The van der Waals surface area contributed by atoms with Gasteiger partial charge in [0.2, 0.25) is 11.9 Å². The van der Waals surface area contributed by atoms with Crippen molar-refractivity contribution in [2.45, 2.75) is 13.8 Å². The van der Waals surface area contributed by atoms with Gasteiger partial charge in [-0.25, -0.2) is 19.3 Å². The number of hydrogen-bond acceptors (Lipinski definition) is 7. The van der Waals surface area contributed by atoms with Gasteiger partial charge in [-0.2, -0.15) is 4.98 Å². The van der Waals surface area contributed by atoms with Crippen LogP contribution >= 0.6 is 0 Å². The topological polar surface area (TPSA) is 70.1 Å². The minimum absolute atomic E-state index is 0.420. The van der Waals surface area contributed by atoms with E-state index in [0.717, 1.165) is 50.2 Å². The Morgan fingerprint density at radius 3 is 2.26 bits per heavy atom. The molecule has 0 aliphatic carbocycles. The molecule has 3 rings (SSSR count). The van der Waals surface area contributed by atoms with E-state index in [1.165, 1.54) is 12.4 Å². The molecule has 0 saturated carbocycles. The molecule has 3 heterocycles. The Bertz CT molecular complexity index is 653. The fourth-order valence-corrected chi connectivity index (χ4v) is 2.54. The molecule has 1 aliphatic rings. The number of nitrogens with one attached hydrogen (secondary N) is 1. The zero-order chi connectivity index (χ0) is 16.2. The lowest BCUT2D eigenvalue weighted by Gasteiger charge is -2.34. The standard InChI is InChI=1S/C15H20FN7/c1-3-17-13-8-11(2)20-15(21-13)23-6-4-22(5-7-23)14-18-9-12(16)10-19-14/h8-10H,3-7H2,1-2H3,(H,17,20,21). The molecule has 0 atom stereocenters. The number of aromatic nitrogens is 4. The summed E-state index contributed by atoms with van der Waals surface area (Å²) in [6.45, 7) is 7.88. The molecule has 0 radical (unpaired) electrons. The average molecular weight is 317 g/mol. The molecule has 0 bridgehead atoms. The van der Waals surface area contributed by atoms with Gasteiger partial charge >= 0.3 is 0 Å². The summed E-state index contributed by atoms with van der Waals surface area (Å²) in [5.41, 5.74) is 0.940. The van der Waals surface area contributed by atoms with Crippen molar-refractivity contribution in [1.82, 2.24) is 19.9 Å². The van der Waals surface area contributed by atoms with Crippen LogP contribution in [0, 0.1) is 12.7 Å². The summed E-state index contributed by atoms with van der Waals surface area (Å²) in [5.74, 6) is 1.72. The van der Waals surface area contributed by atoms with Crippen molar-refractivity contribution in [2.75, 3.05) is 47.8 Å². The molecule has 1 saturated heterocycles. The van der Waals surface area contributed by atoms with Crippen LogP contribution in [-0.4, -0.2) is 52.7 Å². The molecule has 122 valence electrons. The maximum atomic E-state index is 12.9. The zero-order valence-corrected chi connectivity index (χ0v) is 13.3. The second-order valence-electron chi connectivity index (χ2n) is 5.40. The number of rotatable bonds is 4. The molecule has 1 aliphatic heterocycles. The summed E-state index contributed by atoms with van der Waals surface area (Å²) in [6, 6.07) is 1.94. The van der Waals surface area contributed by atoms with E-state index in [2.05, 4.69) is 30.2 Å². The highest BCUT2D eigenvalue weighted by molar-refractivity contribution is 5.45. The third kappa shape index (κ3) is 3.64. The van der Waals surface area contributed by atoms with Gasteiger partial charge in [-0.1, -0.05) is 0 Å². The second kappa shape index (κ2) is 6.72. The van der Waals surface area contributed by atoms with Gasteiger partial charge in [0.25, 0.3) is 0 Å². The molecule has 23 heavy (non-hydrogen) atoms. The number of aryl methyl sites for hydroxylation is 1. The predicted octanol–water partition coefficient (Wildman–Crippen LogP) is 1.47. The molecule has 0 spiro atoms. The van der Waals surface area contributed by atoms with Crippen LogP contribution in [0.5, 0.6) is 0 Å². The Morgan fingerprint density at radius 2 is 1.65 bits per heavy atom. The molecule has 0 amide bonds. The molecule has 0 unspecified atom stereocenters. The van der Waals surface area contributed by atoms with Gasteiger partial charge in [-0.05, 0) is 13.8 Å². The van der Waals surface area contributed by atoms with Crippen molar-refractivity contribution < 1.29 is 4.39 Å². The van der Waals surface area contributed by atoms with Crippen molar-refractivity contribution in [3.8, 4) is 0 Å². The third-order valence-corrected chi connectivity index (χ3v) is 3.65. The zero-order valence-electron chi connectivity index (χ0n) is 13.3. The average Bonchev–Trinajstić information content (AvgIpc) is 2.55. The Balaban J connectivity index is 1.68. The summed E-state index contributed by atoms with van der Waals surface area (Å²) in [6.07, 6.45) is 2.39. The lowest BCUT2D eigenvalue weighted by molar-refractivity contribution is 0.600. The molecular weight excluding hydrogens is 297 g/mol. The van der Waals surface area contributed by atoms with Gasteiger partial charge in [0, 0.05) is 44.5 Å². The normalized spacial score (nSPS) is 14.9. The lowest BCUT2D eigenvalue weighted by atomic mass is 10.3. The van der Waals surface area contributed by atoms with E-state index in [0.29, 0.717) is 5.95 Å². The van der Waals surface area contributed by atoms with Gasteiger partial charge in [0.05, 0.1) is 12.4 Å². The summed E-state index contributed by atoms with van der Waals surface area (Å²) < 4.78 is 12.9. The van der Waals surface area contributed by atoms with Crippen molar-refractivity contribution in [2.24, 2.45) is 0 Å². The lowest BCUT2D eigenvalue weighted by Crippen LogP contribution is -2.47. The summed E-state index contributed by atoms with van der Waals surface area (Å²) in [7, 11) is 0. The van der Waals surface area contributed by atoms with E-state index in [-0.39, 0.29) is 0 Å². The first-order chi connectivity index (χ1) is 11.2. The SMILES string of the molecule is CCNc1cc(C)nc(N2CCN(c3ncc(F)cn3)CC2)n1. The fourth-order valence-electron chi connectivity index (χ4n) is 2.54. The highest BCUT2D eigenvalue weighted by Crippen LogP contribution is 2.17. The van der Waals surface area contributed by atoms with E-state index >= 15 is 0 Å². The molecule has 7 nitrogen and oxygen atoms in total. The van der Waals surface area contributed by atoms with Crippen molar-refractivity contribution in [3.63, 3.8) is 0 Å². The highest BCUT2D eigenvalue weighted by Gasteiger charge is 2.21. The molecule has 1 fully saturated rings. The highest BCUT2D eigenvalue weighted by atomic mass is 19.1. The van der Waals surface area contributed by atoms with Crippen molar-refractivity contribution >= 4 is 17.7 Å². The predicted molar refractivity (Wildman–Crippen MR) is 87.3 cm³/mol. The largest absolute Gasteiger partial charge is 0.370 e. The number of anilines is 3. The monoisotopic (exact) mass is 317 g/mol. The Kier molecular flexibility index (Phi) is 4.50. The molecule has 0 aromatic carbocycles. The van der Waals surface area contributed by atoms with Crippen LogP contribution in [-0.2, 0) is 0 Å². The van der Waals surface area contributed by atoms with Crippen LogP contribution in [0.4, 0.5) is 22.1 Å². The Labute approximate surface area is 134 Å². The Hall–Kier alpha value is -2.51. The van der Waals surface area contributed by atoms with Gasteiger partial charge < -0.3 is 15.1 Å². The van der Waals surface area contributed by atoms with Crippen LogP contribution in [0.1, 0.15) is 12.6 Å².